The molecule has 0 aliphatic rings. The van der Waals surface area contributed by atoms with Crippen molar-refractivity contribution >= 4 is 21.7 Å². The van der Waals surface area contributed by atoms with Gasteiger partial charge in [0.15, 0.2) is 18.1 Å². The molecule has 0 bridgehead atoms. The molecule has 5 aromatic rings. The van der Waals surface area contributed by atoms with Crippen LogP contribution in [0.3, 0.4) is 0 Å². The summed E-state index contributed by atoms with van der Waals surface area (Å²) in [5, 5.41) is 36.4. The number of benzene rings is 3. The average Bonchev–Trinajstić information content (AvgIpc) is 2.76. The lowest BCUT2D eigenvalue weighted by Gasteiger charge is -2.18. The Morgan fingerprint density at radius 3 is 2.33 bits per heavy atom. The summed E-state index contributed by atoms with van der Waals surface area (Å²) >= 11 is 0. The quantitative estimate of drug-likeness (QED) is 0.206. The molecule has 5 rings (SSSR count). The molecule has 0 atom stereocenters. The highest BCUT2D eigenvalue weighted by molar-refractivity contribution is 6.10. The molecule has 0 saturated carbocycles. The highest BCUT2D eigenvalue weighted by Crippen LogP contribution is 2.42. The Morgan fingerprint density at radius 1 is 0.800 bits per heavy atom. The van der Waals surface area contributed by atoms with E-state index in [1.165, 1.54) is 16.7 Å². The molecule has 0 saturated heterocycles. The summed E-state index contributed by atoms with van der Waals surface area (Å²) in [6.45, 7) is 0. The number of fused-ring (bicyclic) bond motifs is 3. The fourth-order valence-corrected chi connectivity index (χ4v) is 3.78. The van der Waals surface area contributed by atoms with Gasteiger partial charge in [-0.25, -0.2) is 4.79 Å². The van der Waals surface area contributed by atoms with E-state index < -0.39 is 11.4 Å². The number of aromatic hydroxyl groups is 2. The van der Waals surface area contributed by atoms with Crippen LogP contribution in [0.1, 0.15) is 0 Å². The largest absolute Gasteiger partial charge is 0.871 e. The highest BCUT2D eigenvalue weighted by Gasteiger charge is 2.27. The van der Waals surface area contributed by atoms with Crippen LogP contribution in [0.25, 0.3) is 38.6 Å². The van der Waals surface area contributed by atoms with E-state index in [1.54, 1.807) is 54.9 Å². The minimum atomic E-state index is -0.888. The second-order valence-corrected chi connectivity index (χ2v) is 6.86. The average molecular weight is 397 g/mol. The van der Waals surface area contributed by atoms with E-state index >= 15 is 0 Å². The third-order valence-corrected chi connectivity index (χ3v) is 5.11. The van der Waals surface area contributed by atoms with Crippen molar-refractivity contribution in [2.45, 2.75) is 0 Å². The van der Waals surface area contributed by atoms with Gasteiger partial charge in [-0.3, -0.25) is 0 Å². The van der Waals surface area contributed by atoms with Gasteiger partial charge in [0.1, 0.15) is 16.9 Å². The van der Waals surface area contributed by atoms with E-state index in [0.717, 1.165) is 5.39 Å². The van der Waals surface area contributed by atoms with Crippen molar-refractivity contribution in [3.05, 3.63) is 89.5 Å². The summed E-state index contributed by atoms with van der Waals surface area (Å²) in [6, 6.07) is 18.4. The second kappa shape index (κ2) is 6.63. The minimum absolute atomic E-state index is 0.0835. The van der Waals surface area contributed by atoms with Crippen molar-refractivity contribution in [3.8, 4) is 34.1 Å². The van der Waals surface area contributed by atoms with Gasteiger partial charge < -0.3 is 19.7 Å². The number of nitrogens with zero attached hydrogens (tertiary/aromatic N) is 1. The van der Waals surface area contributed by atoms with Crippen molar-refractivity contribution < 1.29 is 24.3 Å². The molecule has 2 N–H and O–H groups in total. The van der Waals surface area contributed by atoms with Gasteiger partial charge in [-0.05, 0) is 29.0 Å². The molecule has 0 amide bonds. The monoisotopic (exact) mass is 397 g/mol. The van der Waals surface area contributed by atoms with Crippen molar-refractivity contribution in [3.63, 3.8) is 0 Å². The Morgan fingerprint density at radius 2 is 1.53 bits per heavy atom. The molecule has 6 heteroatoms. The van der Waals surface area contributed by atoms with E-state index in [0.29, 0.717) is 5.39 Å². The molecule has 146 valence electrons. The summed E-state index contributed by atoms with van der Waals surface area (Å²) in [4.78, 5) is 12.9. The first-order chi connectivity index (χ1) is 14.6. The molecule has 30 heavy (non-hydrogen) atoms. The second-order valence-electron chi connectivity index (χ2n) is 6.86. The molecule has 6 nitrogen and oxygen atoms in total. The van der Waals surface area contributed by atoms with E-state index in [2.05, 4.69) is 0 Å². The summed E-state index contributed by atoms with van der Waals surface area (Å²) in [6.07, 6.45) is 3.28. The van der Waals surface area contributed by atoms with Gasteiger partial charge in [-0.1, -0.05) is 42.1 Å². The number of pyridine rings is 1. The van der Waals surface area contributed by atoms with E-state index in [4.69, 9.17) is 4.42 Å². The molecule has 0 unspecified atom stereocenters. The molecule has 0 spiro atoms. The summed E-state index contributed by atoms with van der Waals surface area (Å²) in [5.74, 6) is -1.09. The maximum absolute atomic E-state index is 13.5. The fourth-order valence-electron chi connectivity index (χ4n) is 3.78. The van der Waals surface area contributed by atoms with Crippen LogP contribution in [0, 0.1) is 0 Å². The van der Waals surface area contributed by atoms with Crippen LogP contribution >= 0.6 is 0 Å². The Kier molecular flexibility index (Phi) is 3.93. The number of phenols is 2. The number of hydrogen-bond acceptors (Lipinski definition) is 5. The number of phenolic OH excluding ortho intramolecular Hbond substituents is 2. The van der Waals surface area contributed by atoms with Gasteiger partial charge in [0.25, 0.3) is 5.69 Å². The third-order valence-electron chi connectivity index (χ3n) is 5.11. The first kappa shape index (κ1) is 17.8. The van der Waals surface area contributed by atoms with E-state index in [1.807, 2.05) is 12.1 Å². The normalized spacial score (nSPS) is 11.2. The topological polar surface area (TPSA) is 97.6 Å². The van der Waals surface area contributed by atoms with Gasteiger partial charge in [-0.2, -0.15) is 4.57 Å². The zero-order valence-electron chi connectivity index (χ0n) is 15.6. The van der Waals surface area contributed by atoms with Crippen molar-refractivity contribution in [1.82, 2.24) is 0 Å². The Labute approximate surface area is 170 Å². The zero-order valence-corrected chi connectivity index (χ0v) is 15.6. The predicted molar refractivity (Wildman–Crippen MR) is 110 cm³/mol. The SMILES string of the molecule is O=c1oc2ccc3ccccc3c2c([O-])c1-c1c(O)ccc(O)c1-[n+]1ccccc1. The molecule has 2 aromatic heterocycles. The Hall–Kier alpha value is -4.32. The fraction of sp³-hybridized carbons (Fsp3) is 0. The Balaban J connectivity index is 1.95. The summed E-state index contributed by atoms with van der Waals surface area (Å²) < 4.78 is 6.99. The number of rotatable bonds is 2. The lowest BCUT2D eigenvalue weighted by atomic mass is 9.98. The third kappa shape index (κ3) is 2.58. The first-order valence-electron chi connectivity index (χ1n) is 9.24. The van der Waals surface area contributed by atoms with Crippen LogP contribution in [0.15, 0.2) is 88.3 Å². The number of aromatic nitrogens is 1. The van der Waals surface area contributed by atoms with Gasteiger partial charge >= 0.3 is 5.63 Å². The van der Waals surface area contributed by atoms with Crippen LogP contribution in [-0.4, -0.2) is 10.2 Å². The highest BCUT2D eigenvalue weighted by atomic mass is 16.4. The van der Waals surface area contributed by atoms with Gasteiger partial charge in [0.05, 0.1) is 5.56 Å². The van der Waals surface area contributed by atoms with Crippen LogP contribution in [0.2, 0.25) is 0 Å². The van der Waals surface area contributed by atoms with E-state index in [-0.39, 0.29) is 39.3 Å². The first-order valence-corrected chi connectivity index (χ1v) is 9.24. The smallest absolute Gasteiger partial charge is 0.343 e. The van der Waals surface area contributed by atoms with Crippen LogP contribution < -0.4 is 15.3 Å². The maximum Gasteiger partial charge on any atom is 0.343 e. The number of hydrogen-bond donors (Lipinski definition) is 2. The molecular weight excluding hydrogens is 382 g/mol. The molecule has 0 radical (unpaired) electrons. The van der Waals surface area contributed by atoms with Crippen molar-refractivity contribution in [2.24, 2.45) is 0 Å². The van der Waals surface area contributed by atoms with Crippen LogP contribution in [0.4, 0.5) is 0 Å². The minimum Gasteiger partial charge on any atom is -0.871 e. The predicted octanol–water partition coefficient (Wildman–Crippen LogP) is 3.37. The lowest BCUT2D eigenvalue weighted by Crippen LogP contribution is -2.30. The molecule has 2 heterocycles. The van der Waals surface area contributed by atoms with Gasteiger partial charge in [0.2, 0.25) is 0 Å². The molecular formula is C24H15NO5. The maximum atomic E-state index is 13.5. The zero-order chi connectivity index (χ0) is 20.8. The van der Waals surface area contributed by atoms with E-state index in [9.17, 15) is 20.1 Å². The van der Waals surface area contributed by atoms with Crippen molar-refractivity contribution in [2.75, 3.05) is 0 Å². The molecule has 0 aliphatic carbocycles. The standard InChI is InChI=1S/C24H15NO5/c26-16-9-10-17(27)22(25-12-4-1-5-13-25)20(16)21-23(28)19-15-7-3-2-6-14(15)8-11-18(19)30-24(21)29/h1-13H,(H2-,26,27,28,29). The van der Waals surface area contributed by atoms with Gasteiger partial charge in [0, 0.05) is 17.5 Å². The van der Waals surface area contributed by atoms with Crippen molar-refractivity contribution in [1.29, 1.82) is 0 Å². The molecule has 0 aliphatic heterocycles. The molecule has 3 aromatic carbocycles. The summed E-state index contributed by atoms with van der Waals surface area (Å²) in [7, 11) is 0. The van der Waals surface area contributed by atoms with Crippen LogP contribution in [-0.2, 0) is 0 Å². The van der Waals surface area contributed by atoms with Crippen LogP contribution in [0.5, 0.6) is 17.2 Å². The Bertz CT molecular complexity index is 1490. The summed E-state index contributed by atoms with van der Waals surface area (Å²) in [5.41, 5.74) is -1.03. The van der Waals surface area contributed by atoms with Gasteiger partial charge in [-0.15, -0.1) is 0 Å². The lowest BCUT2D eigenvalue weighted by molar-refractivity contribution is -0.595. The molecule has 0 fully saturated rings.